The van der Waals surface area contributed by atoms with Crippen LogP contribution in [0.15, 0.2) is 59.5 Å². The van der Waals surface area contributed by atoms with E-state index in [1.807, 2.05) is 6.92 Å². The fourth-order valence-corrected chi connectivity index (χ4v) is 3.38. The lowest BCUT2D eigenvalue weighted by atomic mass is 10.1. The van der Waals surface area contributed by atoms with Crippen molar-refractivity contribution in [3.05, 3.63) is 60.2 Å². The number of anilines is 1. The van der Waals surface area contributed by atoms with Crippen molar-refractivity contribution < 1.29 is 27.5 Å². The molecule has 0 aromatic heterocycles. The van der Waals surface area contributed by atoms with Crippen molar-refractivity contribution in [1.82, 2.24) is 5.32 Å². The van der Waals surface area contributed by atoms with Crippen LogP contribution in [0.5, 0.6) is 0 Å². The zero-order valence-electron chi connectivity index (χ0n) is 17.9. The Kier molecular flexibility index (Phi) is 8.91. The summed E-state index contributed by atoms with van der Waals surface area (Å²) in [5, 5.41) is 10.3. The quantitative estimate of drug-likeness (QED) is 0.463. The molecule has 0 aliphatic heterocycles. The van der Waals surface area contributed by atoms with Crippen LogP contribution in [0.1, 0.15) is 43.5 Å². The summed E-state index contributed by atoms with van der Waals surface area (Å²) in [6.07, 6.45) is 0.0882. The van der Waals surface area contributed by atoms with Crippen molar-refractivity contribution in [3.8, 4) is 0 Å². The van der Waals surface area contributed by atoms with E-state index in [1.54, 1.807) is 37.3 Å². The van der Waals surface area contributed by atoms with Gasteiger partial charge in [-0.15, -0.1) is 0 Å². The highest BCUT2D eigenvalue weighted by molar-refractivity contribution is 7.89. The highest BCUT2D eigenvalue weighted by atomic mass is 32.2. The maximum Gasteiger partial charge on any atom is 0.329 e. The molecule has 0 fully saturated rings. The molecule has 0 saturated heterocycles. The normalized spacial score (nSPS) is 13.0. The van der Waals surface area contributed by atoms with Crippen LogP contribution in [0.4, 0.5) is 5.69 Å². The van der Waals surface area contributed by atoms with Gasteiger partial charge in [-0.2, -0.15) is 0 Å². The van der Waals surface area contributed by atoms with Gasteiger partial charge in [-0.3, -0.25) is 9.59 Å². The third-order valence-electron chi connectivity index (χ3n) is 4.58. The van der Waals surface area contributed by atoms with Crippen LogP contribution in [0.2, 0.25) is 0 Å². The van der Waals surface area contributed by atoms with Crippen LogP contribution in [0.25, 0.3) is 0 Å². The number of rotatable bonds is 10. The standard InChI is InChI=1S/C22H27N3O6S/c1-3-8-18(25-20(26)15-9-6-5-7-10-15)22(28)31-19(4-2)21(27)24-16-11-13-17(14-12-16)32(23,29)30/h5-7,9-14,18-19H,3-4,8H2,1-2H3,(H,24,27)(H,25,26)(H2,23,29,30)/t18-,19-/m1/s1. The number of nitrogens with one attached hydrogen (secondary N) is 2. The summed E-state index contributed by atoms with van der Waals surface area (Å²) in [4.78, 5) is 37.6. The van der Waals surface area contributed by atoms with Gasteiger partial charge in [0.1, 0.15) is 6.04 Å². The summed E-state index contributed by atoms with van der Waals surface area (Å²) >= 11 is 0. The zero-order chi connectivity index (χ0) is 23.7. The Hall–Kier alpha value is -3.24. The minimum Gasteiger partial charge on any atom is -0.451 e. The molecule has 0 bridgehead atoms. The van der Waals surface area contributed by atoms with Crippen molar-refractivity contribution in [2.45, 2.75) is 50.2 Å². The van der Waals surface area contributed by atoms with Gasteiger partial charge in [0.15, 0.2) is 6.10 Å². The van der Waals surface area contributed by atoms with E-state index >= 15 is 0 Å². The van der Waals surface area contributed by atoms with Crippen LogP contribution < -0.4 is 15.8 Å². The van der Waals surface area contributed by atoms with E-state index in [0.717, 1.165) is 0 Å². The number of sulfonamides is 1. The molecule has 0 unspecified atom stereocenters. The van der Waals surface area contributed by atoms with Gasteiger partial charge in [0, 0.05) is 11.3 Å². The number of primary sulfonamides is 1. The van der Waals surface area contributed by atoms with Crippen LogP contribution in [-0.2, 0) is 24.3 Å². The largest absolute Gasteiger partial charge is 0.451 e. The maximum absolute atomic E-state index is 12.7. The molecule has 2 atom stereocenters. The number of hydrogen-bond acceptors (Lipinski definition) is 6. The first-order valence-electron chi connectivity index (χ1n) is 10.2. The lowest BCUT2D eigenvalue weighted by molar-refractivity contribution is -0.156. The van der Waals surface area contributed by atoms with E-state index in [0.29, 0.717) is 24.1 Å². The number of carbonyl (C=O) groups excluding carboxylic acids is 3. The van der Waals surface area contributed by atoms with E-state index in [1.165, 1.54) is 24.3 Å². The maximum atomic E-state index is 12.7. The molecule has 172 valence electrons. The SMILES string of the molecule is CCC[C@@H](NC(=O)c1ccccc1)C(=O)O[C@H](CC)C(=O)Nc1ccc(S(N)(=O)=O)cc1. The fourth-order valence-electron chi connectivity index (χ4n) is 2.86. The molecule has 0 saturated carbocycles. The van der Waals surface area contributed by atoms with Crippen LogP contribution >= 0.6 is 0 Å². The Morgan fingerprint density at radius 3 is 2.16 bits per heavy atom. The highest BCUT2D eigenvalue weighted by Gasteiger charge is 2.28. The molecule has 0 spiro atoms. The van der Waals surface area contributed by atoms with Crippen LogP contribution in [0.3, 0.4) is 0 Å². The minimum absolute atomic E-state index is 0.0921. The van der Waals surface area contributed by atoms with Crippen molar-refractivity contribution >= 4 is 33.5 Å². The van der Waals surface area contributed by atoms with Crippen molar-refractivity contribution in [2.24, 2.45) is 5.14 Å². The van der Waals surface area contributed by atoms with E-state index in [4.69, 9.17) is 9.88 Å². The second kappa shape index (κ2) is 11.4. The first kappa shape index (κ1) is 25.0. The van der Waals surface area contributed by atoms with Crippen LogP contribution in [-0.4, -0.2) is 38.3 Å². The van der Waals surface area contributed by atoms with E-state index in [9.17, 15) is 22.8 Å². The molecule has 0 aliphatic rings. The average Bonchev–Trinajstić information content (AvgIpc) is 2.77. The van der Waals surface area contributed by atoms with E-state index in [2.05, 4.69) is 10.6 Å². The lowest BCUT2D eigenvalue weighted by Gasteiger charge is -2.21. The van der Waals surface area contributed by atoms with Gasteiger partial charge in [0.2, 0.25) is 10.0 Å². The minimum atomic E-state index is -3.85. The molecule has 9 nitrogen and oxygen atoms in total. The van der Waals surface area contributed by atoms with Gasteiger partial charge in [-0.05, 0) is 49.2 Å². The first-order chi connectivity index (χ1) is 15.2. The third-order valence-corrected chi connectivity index (χ3v) is 5.50. The fraction of sp³-hybridized carbons (Fsp3) is 0.318. The summed E-state index contributed by atoms with van der Waals surface area (Å²) in [7, 11) is -3.85. The Morgan fingerprint density at radius 2 is 1.62 bits per heavy atom. The second-order valence-electron chi connectivity index (χ2n) is 7.07. The van der Waals surface area contributed by atoms with Gasteiger partial charge in [0.25, 0.3) is 11.8 Å². The van der Waals surface area contributed by atoms with Gasteiger partial charge in [-0.25, -0.2) is 18.4 Å². The predicted octanol–water partition coefficient (Wildman–Crippen LogP) is 2.19. The number of amides is 2. The molecule has 10 heteroatoms. The number of nitrogens with two attached hydrogens (primary N) is 1. The van der Waals surface area contributed by atoms with E-state index in [-0.39, 0.29) is 11.3 Å². The van der Waals surface area contributed by atoms with Crippen molar-refractivity contribution in [2.75, 3.05) is 5.32 Å². The van der Waals surface area contributed by atoms with Gasteiger partial charge in [0.05, 0.1) is 4.90 Å². The summed E-state index contributed by atoms with van der Waals surface area (Å²) in [5.74, 6) is -1.69. The third kappa shape index (κ3) is 7.17. The molecular weight excluding hydrogens is 434 g/mol. The summed E-state index contributed by atoms with van der Waals surface area (Å²) in [6, 6.07) is 12.9. The Labute approximate surface area is 187 Å². The first-order valence-corrected chi connectivity index (χ1v) is 11.7. The summed E-state index contributed by atoms with van der Waals surface area (Å²) in [5.41, 5.74) is 0.730. The van der Waals surface area contributed by atoms with Crippen LogP contribution in [0, 0.1) is 0 Å². The molecule has 2 amide bonds. The average molecular weight is 462 g/mol. The number of esters is 1. The number of hydrogen-bond donors (Lipinski definition) is 3. The van der Waals surface area contributed by atoms with Gasteiger partial charge >= 0.3 is 5.97 Å². The Morgan fingerprint density at radius 1 is 1.00 bits per heavy atom. The number of benzene rings is 2. The number of ether oxygens (including phenoxy) is 1. The topological polar surface area (TPSA) is 145 Å². The second-order valence-corrected chi connectivity index (χ2v) is 8.63. The van der Waals surface area contributed by atoms with Gasteiger partial charge < -0.3 is 15.4 Å². The molecule has 0 radical (unpaired) electrons. The molecule has 2 rings (SSSR count). The molecule has 0 heterocycles. The molecular formula is C22H27N3O6S. The predicted molar refractivity (Wildman–Crippen MR) is 119 cm³/mol. The molecule has 2 aromatic carbocycles. The molecule has 4 N–H and O–H groups in total. The molecule has 0 aliphatic carbocycles. The van der Waals surface area contributed by atoms with Crippen molar-refractivity contribution in [3.63, 3.8) is 0 Å². The highest BCUT2D eigenvalue weighted by Crippen LogP contribution is 2.14. The summed E-state index contributed by atoms with van der Waals surface area (Å²) < 4.78 is 28.0. The molecule has 2 aromatic rings. The Bertz CT molecular complexity index is 1040. The lowest BCUT2D eigenvalue weighted by Crippen LogP contribution is -2.44. The van der Waals surface area contributed by atoms with Gasteiger partial charge in [-0.1, -0.05) is 38.5 Å². The summed E-state index contributed by atoms with van der Waals surface area (Å²) in [6.45, 7) is 3.54. The number of carbonyl (C=O) groups is 3. The monoisotopic (exact) mass is 461 g/mol. The zero-order valence-corrected chi connectivity index (χ0v) is 18.7. The Balaban J connectivity index is 2.03. The molecule has 32 heavy (non-hydrogen) atoms. The smallest absolute Gasteiger partial charge is 0.329 e. The van der Waals surface area contributed by atoms with E-state index < -0.39 is 40.0 Å². The van der Waals surface area contributed by atoms with Crippen molar-refractivity contribution in [1.29, 1.82) is 0 Å².